The van der Waals surface area contributed by atoms with Crippen LogP contribution in [0.2, 0.25) is 0 Å². The van der Waals surface area contributed by atoms with E-state index in [0.29, 0.717) is 18.8 Å². The maximum absolute atomic E-state index is 11.5. The summed E-state index contributed by atoms with van der Waals surface area (Å²) in [7, 11) is 0. The second-order valence-corrected chi connectivity index (χ2v) is 4.26. The molecule has 0 saturated carbocycles. The Morgan fingerprint density at radius 3 is 2.83 bits per heavy atom. The smallest absolute Gasteiger partial charge is 0.411 e. The summed E-state index contributed by atoms with van der Waals surface area (Å²) in [5, 5.41) is 2.66. The minimum Gasteiger partial charge on any atom is -0.447 e. The molecule has 1 fully saturated rings. The van der Waals surface area contributed by atoms with Crippen LogP contribution in [0.3, 0.4) is 0 Å². The number of nitrogens with two attached hydrogens (primary N) is 1. The molecule has 1 unspecified atom stereocenters. The number of anilines is 1. The highest BCUT2D eigenvalue weighted by Crippen LogP contribution is 2.13. The SMILES string of the molecule is NCc1ccc(NC(=O)OCC2CCCO2)cc1. The van der Waals surface area contributed by atoms with E-state index < -0.39 is 6.09 Å². The fourth-order valence-electron chi connectivity index (χ4n) is 1.82. The lowest BCUT2D eigenvalue weighted by Gasteiger charge is -2.11. The third kappa shape index (κ3) is 3.72. The highest BCUT2D eigenvalue weighted by Gasteiger charge is 2.17. The van der Waals surface area contributed by atoms with Crippen molar-refractivity contribution in [3.63, 3.8) is 0 Å². The molecule has 1 aromatic rings. The number of carbonyl (C=O) groups excluding carboxylic acids is 1. The van der Waals surface area contributed by atoms with E-state index in [4.69, 9.17) is 15.2 Å². The van der Waals surface area contributed by atoms with Gasteiger partial charge in [-0.05, 0) is 30.5 Å². The van der Waals surface area contributed by atoms with Crippen molar-refractivity contribution in [2.24, 2.45) is 5.73 Å². The van der Waals surface area contributed by atoms with Crippen LogP contribution in [0.5, 0.6) is 0 Å². The summed E-state index contributed by atoms with van der Waals surface area (Å²) in [5.41, 5.74) is 7.21. The Morgan fingerprint density at radius 1 is 1.44 bits per heavy atom. The van der Waals surface area contributed by atoms with E-state index in [1.165, 1.54) is 0 Å². The van der Waals surface area contributed by atoms with Crippen molar-refractivity contribution in [1.82, 2.24) is 0 Å². The van der Waals surface area contributed by atoms with Crippen LogP contribution >= 0.6 is 0 Å². The first kappa shape index (κ1) is 12.9. The molecule has 18 heavy (non-hydrogen) atoms. The standard InChI is InChI=1S/C13H18N2O3/c14-8-10-3-5-11(6-4-10)15-13(16)18-9-12-2-1-7-17-12/h3-6,12H,1-2,7-9,14H2,(H,15,16). The van der Waals surface area contributed by atoms with Gasteiger partial charge in [0, 0.05) is 18.8 Å². The topological polar surface area (TPSA) is 73.6 Å². The van der Waals surface area contributed by atoms with Crippen LogP contribution in [0.15, 0.2) is 24.3 Å². The van der Waals surface area contributed by atoms with Crippen LogP contribution in [0.4, 0.5) is 10.5 Å². The Balaban J connectivity index is 1.75. The molecule has 0 spiro atoms. The van der Waals surface area contributed by atoms with E-state index in [2.05, 4.69) is 5.32 Å². The van der Waals surface area contributed by atoms with Crippen LogP contribution in [-0.4, -0.2) is 25.4 Å². The molecule has 5 nitrogen and oxygen atoms in total. The molecular weight excluding hydrogens is 232 g/mol. The van der Waals surface area contributed by atoms with Gasteiger partial charge in [0.15, 0.2) is 0 Å². The minimum atomic E-state index is -0.453. The van der Waals surface area contributed by atoms with E-state index in [1.54, 1.807) is 12.1 Å². The van der Waals surface area contributed by atoms with Gasteiger partial charge in [0.2, 0.25) is 0 Å². The van der Waals surface area contributed by atoms with E-state index >= 15 is 0 Å². The molecular formula is C13H18N2O3. The first-order valence-electron chi connectivity index (χ1n) is 6.12. The molecule has 1 amide bonds. The Labute approximate surface area is 106 Å². The molecule has 1 heterocycles. The summed E-state index contributed by atoms with van der Waals surface area (Å²) in [6.07, 6.45) is 1.59. The van der Waals surface area contributed by atoms with Crippen LogP contribution in [0.25, 0.3) is 0 Å². The lowest BCUT2D eigenvalue weighted by atomic mass is 10.2. The zero-order chi connectivity index (χ0) is 12.8. The van der Waals surface area contributed by atoms with Crippen molar-refractivity contribution >= 4 is 11.8 Å². The van der Waals surface area contributed by atoms with E-state index in [1.807, 2.05) is 12.1 Å². The van der Waals surface area contributed by atoms with Gasteiger partial charge in [-0.15, -0.1) is 0 Å². The highest BCUT2D eigenvalue weighted by molar-refractivity contribution is 5.84. The zero-order valence-electron chi connectivity index (χ0n) is 10.2. The fourth-order valence-corrected chi connectivity index (χ4v) is 1.82. The Hall–Kier alpha value is -1.59. The summed E-state index contributed by atoms with van der Waals surface area (Å²) in [5.74, 6) is 0. The second kappa shape index (κ2) is 6.37. The summed E-state index contributed by atoms with van der Waals surface area (Å²) in [6, 6.07) is 7.34. The fraction of sp³-hybridized carbons (Fsp3) is 0.462. The van der Waals surface area contributed by atoms with E-state index in [-0.39, 0.29) is 6.10 Å². The molecule has 5 heteroatoms. The largest absolute Gasteiger partial charge is 0.447 e. The van der Waals surface area contributed by atoms with Crippen molar-refractivity contribution < 1.29 is 14.3 Å². The molecule has 1 aromatic carbocycles. The number of hydrogen-bond acceptors (Lipinski definition) is 4. The third-order valence-corrected chi connectivity index (χ3v) is 2.86. The van der Waals surface area contributed by atoms with Gasteiger partial charge in [-0.3, -0.25) is 5.32 Å². The molecule has 1 saturated heterocycles. The van der Waals surface area contributed by atoms with Gasteiger partial charge in [0.25, 0.3) is 0 Å². The van der Waals surface area contributed by atoms with Crippen molar-refractivity contribution in [3.05, 3.63) is 29.8 Å². The van der Waals surface area contributed by atoms with Crippen LogP contribution < -0.4 is 11.1 Å². The summed E-state index contributed by atoms with van der Waals surface area (Å²) in [6.45, 7) is 1.56. The number of carbonyl (C=O) groups is 1. The molecule has 1 aliphatic rings. The van der Waals surface area contributed by atoms with Gasteiger partial charge in [-0.1, -0.05) is 12.1 Å². The van der Waals surface area contributed by atoms with E-state index in [0.717, 1.165) is 25.0 Å². The van der Waals surface area contributed by atoms with Crippen molar-refractivity contribution in [1.29, 1.82) is 0 Å². The van der Waals surface area contributed by atoms with Crippen molar-refractivity contribution in [2.75, 3.05) is 18.5 Å². The quantitative estimate of drug-likeness (QED) is 0.855. The van der Waals surface area contributed by atoms with Gasteiger partial charge in [-0.25, -0.2) is 4.79 Å². The lowest BCUT2D eigenvalue weighted by Crippen LogP contribution is -2.21. The monoisotopic (exact) mass is 250 g/mol. The van der Waals surface area contributed by atoms with Crippen molar-refractivity contribution in [2.45, 2.75) is 25.5 Å². The Morgan fingerprint density at radius 2 is 2.22 bits per heavy atom. The van der Waals surface area contributed by atoms with Gasteiger partial charge in [0.1, 0.15) is 6.61 Å². The Bertz CT molecular complexity index is 386. The number of nitrogens with one attached hydrogen (secondary N) is 1. The normalized spacial score (nSPS) is 18.6. The molecule has 0 aromatic heterocycles. The van der Waals surface area contributed by atoms with Gasteiger partial charge >= 0.3 is 6.09 Å². The second-order valence-electron chi connectivity index (χ2n) is 4.26. The number of amides is 1. The maximum atomic E-state index is 11.5. The molecule has 1 atom stereocenters. The first-order valence-corrected chi connectivity index (χ1v) is 6.12. The highest BCUT2D eigenvalue weighted by atomic mass is 16.6. The molecule has 1 aliphatic heterocycles. The molecule has 98 valence electrons. The van der Waals surface area contributed by atoms with Crippen LogP contribution in [-0.2, 0) is 16.0 Å². The average Bonchev–Trinajstić information content (AvgIpc) is 2.90. The number of benzene rings is 1. The maximum Gasteiger partial charge on any atom is 0.411 e. The summed E-state index contributed by atoms with van der Waals surface area (Å²) in [4.78, 5) is 11.5. The molecule has 0 aliphatic carbocycles. The number of ether oxygens (including phenoxy) is 2. The summed E-state index contributed by atoms with van der Waals surface area (Å²) >= 11 is 0. The molecule has 2 rings (SSSR count). The number of hydrogen-bond donors (Lipinski definition) is 2. The first-order chi connectivity index (χ1) is 8.78. The van der Waals surface area contributed by atoms with Crippen LogP contribution in [0, 0.1) is 0 Å². The predicted octanol–water partition coefficient (Wildman–Crippen LogP) is 1.87. The summed E-state index contributed by atoms with van der Waals surface area (Å²) < 4.78 is 10.5. The Kier molecular flexibility index (Phi) is 4.55. The zero-order valence-corrected chi connectivity index (χ0v) is 10.2. The van der Waals surface area contributed by atoms with Crippen LogP contribution in [0.1, 0.15) is 18.4 Å². The number of rotatable bonds is 4. The minimum absolute atomic E-state index is 0.0513. The molecule has 0 radical (unpaired) electrons. The average molecular weight is 250 g/mol. The molecule has 0 bridgehead atoms. The third-order valence-electron chi connectivity index (χ3n) is 2.86. The lowest BCUT2D eigenvalue weighted by molar-refractivity contribution is 0.0484. The van der Waals surface area contributed by atoms with E-state index in [9.17, 15) is 4.79 Å². The molecule has 3 N–H and O–H groups in total. The van der Waals surface area contributed by atoms with Crippen molar-refractivity contribution in [3.8, 4) is 0 Å². The predicted molar refractivity (Wildman–Crippen MR) is 68.3 cm³/mol. The van der Waals surface area contributed by atoms with Gasteiger partial charge < -0.3 is 15.2 Å². The van der Waals surface area contributed by atoms with Gasteiger partial charge in [0.05, 0.1) is 6.10 Å². The van der Waals surface area contributed by atoms with Gasteiger partial charge in [-0.2, -0.15) is 0 Å².